The average molecular weight is 331 g/mol. The van der Waals surface area contributed by atoms with Crippen molar-refractivity contribution in [2.24, 2.45) is 0 Å². The van der Waals surface area contributed by atoms with Gasteiger partial charge in [-0.2, -0.15) is 0 Å². The fourth-order valence-corrected chi connectivity index (χ4v) is 2.54. The Balaban J connectivity index is 1.91. The molecule has 25 heavy (non-hydrogen) atoms. The number of anilines is 1. The summed E-state index contributed by atoms with van der Waals surface area (Å²) in [5, 5.41) is 6.30. The van der Waals surface area contributed by atoms with Crippen LogP contribution in [-0.4, -0.2) is 23.3 Å². The molecule has 0 fully saturated rings. The molecule has 3 aromatic rings. The molecule has 2 N–H and O–H groups in total. The van der Waals surface area contributed by atoms with E-state index in [1.165, 1.54) is 0 Å². The van der Waals surface area contributed by atoms with Gasteiger partial charge in [0.2, 0.25) is 0 Å². The second-order valence-corrected chi connectivity index (χ2v) is 5.37. The molecule has 5 nitrogen and oxygen atoms in total. The number of rotatable bonds is 5. The third-order valence-corrected chi connectivity index (χ3v) is 3.72. The lowest BCUT2D eigenvalue weighted by molar-refractivity contribution is 0.0959. The number of carbonyl (C=O) groups is 2. The fraction of sp³-hybridized carbons (Fsp3) is 0.0500. The molecule has 1 heterocycles. The van der Waals surface area contributed by atoms with Crippen molar-refractivity contribution in [3.05, 3.63) is 84.6 Å². The van der Waals surface area contributed by atoms with Gasteiger partial charge in [-0.1, -0.05) is 30.3 Å². The van der Waals surface area contributed by atoms with Crippen molar-refractivity contribution in [3.63, 3.8) is 0 Å². The zero-order chi connectivity index (χ0) is 17.6. The van der Waals surface area contributed by atoms with E-state index in [0.717, 1.165) is 10.9 Å². The molecule has 0 unspecified atom stereocenters. The highest BCUT2D eigenvalue weighted by Crippen LogP contribution is 2.20. The summed E-state index contributed by atoms with van der Waals surface area (Å²) in [5.41, 5.74) is 2.10. The van der Waals surface area contributed by atoms with Crippen LogP contribution in [0.15, 0.2) is 73.4 Å². The van der Waals surface area contributed by atoms with Gasteiger partial charge in [0.25, 0.3) is 11.8 Å². The zero-order valence-corrected chi connectivity index (χ0v) is 13.5. The van der Waals surface area contributed by atoms with Crippen LogP contribution in [0.3, 0.4) is 0 Å². The summed E-state index contributed by atoms with van der Waals surface area (Å²) in [6, 6.07) is 15.9. The van der Waals surface area contributed by atoms with Crippen molar-refractivity contribution >= 4 is 28.4 Å². The second-order valence-electron chi connectivity index (χ2n) is 5.37. The van der Waals surface area contributed by atoms with Gasteiger partial charge < -0.3 is 10.6 Å². The summed E-state index contributed by atoms with van der Waals surface area (Å²) in [6.07, 6.45) is 3.28. The summed E-state index contributed by atoms with van der Waals surface area (Å²) in [5.74, 6) is -0.557. The van der Waals surface area contributed by atoms with Crippen LogP contribution < -0.4 is 10.6 Å². The van der Waals surface area contributed by atoms with Gasteiger partial charge in [0.15, 0.2) is 0 Å². The number of para-hydroxylation sites is 1. The molecule has 0 bridgehead atoms. The highest BCUT2D eigenvalue weighted by atomic mass is 16.2. The van der Waals surface area contributed by atoms with E-state index in [4.69, 9.17) is 0 Å². The monoisotopic (exact) mass is 331 g/mol. The largest absolute Gasteiger partial charge is 0.349 e. The van der Waals surface area contributed by atoms with Gasteiger partial charge in [0.05, 0.1) is 16.8 Å². The van der Waals surface area contributed by atoms with Gasteiger partial charge in [-0.3, -0.25) is 14.6 Å². The predicted octanol–water partition coefficient (Wildman–Crippen LogP) is 3.40. The van der Waals surface area contributed by atoms with Crippen LogP contribution in [0.4, 0.5) is 5.69 Å². The van der Waals surface area contributed by atoms with E-state index in [9.17, 15) is 9.59 Å². The lowest BCUT2D eigenvalue weighted by atomic mass is 10.1. The van der Waals surface area contributed by atoms with Crippen LogP contribution in [0.2, 0.25) is 0 Å². The maximum absolute atomic E-state index is 12.7. The van der Waals surface area contributed by atoms with E-state index >= 15 is 0 Å². The van der Waals surface area contributed by atoms with Gasteiger partial charge in [-0.05, 0) is 30.3 Å². The Morgan fingerprint density at radius 3 is 2.60 bits per heavy atom. The number of fused-ring (bicyclic) bond motifs is 1. The lowest BCUT2D eigenvalue weighted by Crippen LogP contribution is -2.25. The Kier molecular flexibility index (Phi) is 4.85. The summed E-state index contributed by atoms with van der Waals surface area (Å²) in [6.45, 7) is 3.93. The number of nitrogens with one attached hydrogen (secondary N) is 2. The Bertz CT molecular complexity index is 945. The molecular weight excluding hydrogens is 314 g/mol. The van der Waals surface area contributed by atoms with E-state index in [0.29, 0.717) is 23.4 Å². The van der Waals surface area contributed by atoms with Crippen LogP contribution in [0.5, 0.6) is 0 Å². The molecule has 0 aliphatic heterocycles. The van der Waals surface area contributed by atoms with E-state index in [1.807, 2.05) is 12.1 Å². The molecule has 124 valence electrons. The Labute approximate surface area is 145 Å². The van der Waals surface area contributed by atoms with E-state index < -0.39 is 0 Å². The van der Waals surface area contributed by atoms with Crippen LogP contribution >= 0.6 is 0 Å². The highest BCUT2D eigenvalue weighted by molar-refractivity contribution is 6.14. The minimum atomic E-state index is -0.289. The molecule has 0 spiro atoms. The molecule has 2 amide bonds. The summed E-state index contributed by atoms with van der Waals surface area (Å²) >= 11 is 0. The molecular formula is C20H17N3O2. The molecule has 5 heteroatoms. The minimum absolute atomic E-state index is 0.268. The first-order chi connectivity index (χ1) is 12.2. The summed E-state index contributed by atoms with van der Waals surface area (Å²) in [7, 11) is 0. The number of amides is 2. The van der Waals surface area contributed by atoms with Gasteiger partial charge in [0, 0.05) is 23.7 Å². The van der Waals surface area contributed by atoms with Crippen molar-refractivity contribution in [2.75, 3.05) is 11.9 Å². The van der Waals surface area contributed by atoms with E-state index in [-0.39, 0.29) is 11.8 Å². The third kappa shape index (κ3) is 3.55. The van der Waals surface area contributed by atoms with Crippen molar-refractivity contribution in [1.29, 1.82) is 0 Å². The lowest BCUT2D eigenvalue weighted by Gasteiger charge is -2.12. The Hall–Kier alpha value is -3.47. The van der Waals surface area contributed by atoms with Gasteiger partial charge >= 0.3 is 0 Å². The minimum Gasteiger partial charge on any atom is -0.349 e. The number of nitrogens with zero attached hydrogens (tertiary/aromatic N) is 1. The molecule has 1 aromatic heterocycles. The smallest absolute Gasteiger partial charge is 0.256 e. The molecule has 0 saturated heterocycles. The third-order valence-electron chi connectivity index (χ3n) is 3.72. The van der Waals surface area contributed by atoms with Crippen LogP contribution in [0.1, 0.15) is 20.7 Å². The van der Waals surface area contributed by atoms with Crippen molar-refractivity contribution < 1.29 is 9.59 Å². The maximum atomic E-state index is 12.7. The Morgan fingerprint density at radius 2 is 1.76 bits per heavy atom. The van der Waals surface area contributed by atoms with Crippen LogP contribution in [0.25, 0.3) is 10.9 Å². The van der Waals surface area contributed by atoms with Crippen molar-refractivity contribution in [3.8, 4) is 0 Å². The molecule has 0 aliphatic rings. The van der Waals surface area contributed by atoms with Gasteiger partial charge in [-0.25, -0.2) is 0 Å². The molecule has 0 atom stereocenters. The quantitative estimate of drug-likeness (QED) is 0.704. The first kappa shape index (κ1) is 16.4. The molecule has 0 aliphatic carbocycles. The van der Waals surface area contributed by atoms with E-state index in [1.54, 1.807) is 54.7 Å². The molecule has 0 saturated carbocycles. The number of aromatic nitrogens is 1. The normalized spacial score (nSPS) is 10.2. The van der Waals surface area contributed by atoms with Gasteiger partial charge in [0.1, 0.15) is 0 Å². The molecule has 3 rings (SSSR count). The van der Waals surface area contributed by atoms with Gasteiger partial charge in [-0.15, -0.1) is 6.58 Å². The number of hydrogen-bond acceptors (Lipinski definition) is 3. The molecule has 0 radical (unpaired) electrons. The number of pyridine rings is 1. The SMILES string of the molecule is C=CCNC(=O)c1ccccc1NC(=O)c1cccc2ncccc12. The Morgan fingerprint density at radius 1 is 0.960 bits per heavy atom. The fourth-order valence-electron chi connectivity index (χ4n) is 2.54. The van der Waals surface area contributed by atoms with Crippen LogP contribution in [0, 0.1) is 0 Å². The first-order valence-electron chi connectivity index (χ1n) is 7.84. The topological polar surface area (TPSA) is 71.1 Å². The predicted molar refractivity (Wildman–Crippen MR) is 98.7 cm³/mol. The average Bonchev–Trinajstić information content (AvgIpc) is 2.66. The molecule has 2 aromatic carbocycles. The number of benzene rings is 2. The summed E-state index contributed by atoms with van der Waals surface area (Å²) in [4.78, 5) is 29.2. The first-order valence-corrected chi connectivity index (χ1v) is 7.84. The second kappa shape index (κ2) is 7.40. The standard InChI is InChI=1S/C20H17N3O2/c1-2-12-22-19(24)16-7-3-4-10-18(16)23-20(25)15-8-5-11-17-14(15)9-6-13-21-17/h2-11,13H,1,12H2,(H,22,24)(H,23,25). The van der Waals surface area contributed by atoms with Crippen molar-refractivity contribution in [2.45, 2.75) is 0 Å². The number of carbonyl (C=O) groups excluding carboxylic acids is 2. The van der Waals surface area contributed by atoms with Crippen LogP contribution in [-0.2, 0) is 0 Å². The summed E-state index contributed by atoms with van der Waals surface area (Å²) < 4.78 is 0. The highest BCUT2D eigenvalue weighted by Gasteiger charge is 2.15. The zero-order valence-electron chi connectivity index (χ0n) is 13.5. The van der Waals surface area contributed by atoms with E-state index in [2.05, 4.69) is 22.2 Å². The number of hydrogen-bond donors (Lipinski definition) is 2. The maximum Gasteiger partial charge on any atom is 0.256 e. The van der Waals surface area contributed by atoms with Crippen molar-refractivity contribution in [1.82, 2.24) is 10.3 Å².